The molecule has 0 aromatic carbocycles. The monoisotopic (exact) mass is 279 g/mol. The van der Waals surface area contributed by atoms with E-state index < -0.39 is 0 Å². The van der Waals surface area contributed by atoms with Crippen molar-refractivity contribution in [3.8, 4) is 0 Å². The van der Waals surface area contributed by atoms with Crippen LogP contribution in [0.3, 0.4) is 0 Å². The summed E-state index contributed by atoms with van der Waals surface area (Å²) in [5.74, 6) is 6.84. The van der Waals surface area contributed by atoms with Crippen LogP contribution in [0.5, 0.6) is 0 Å². The molecule has 3 N–H and O–H groups in total. The van der Waals surface area contributed by atoms with Gasteiger partial charge in [-0.2, -0.15) is 5.10 Å². The molecule has 8 nitrogen and oxygen atoms in total. The average molecular weight is 279 g/mol. The number of anilines is 1. The quantitative estimate of drug-likeness (QED) is 0.549. The van der Waals surface area contributed by atoms with Gasteiger partial charge >= 0.3 is 0 Å². The fourth-order valence-electron chi connectivity index (χ4n) is 2.02. The van der Waals surface area contributed by atoms with Gasteiger partial charge in [0.25, 0.3) is 0 Å². The van der Waals surface area contributed by atoms with Gasteiger partial charge in [-0.15, -0.1) is 0 Å². The normalized spacial score (nSPS) is 11.4. The lowest BCUT2D eigenvalue weighted by atomic mass is 10.3. The van der Waals surface area contributed by atoms with Crippen molar-refractivity contribution in [2.45, 2.75) is 13.5 Å². The van der Waals surface area contributed by atoms with Crippen molar-refractivity contribution in [3.63, 3.8) is 0 Å². The van der Waals surface area contributed by atoms with Gasteiger partial charge in [0.15, 0.2) is 11.5 Å². The van der Waals surface area contributed by atoms with Crippen molar-refractivity contribution < 1.29 is 4.74 Å². The maximum Gasteiger partial charge on any atom is 0.163 e. The summed E-state index contributed by atoms with van der Waals surface area (Å²) in [6, 6.07) is 0. The summed E-state index contributed by atoms with van der Waals surface area (Å²) in [6.45, 7) is 5.17. The van der Waals surface area contributed by atoms with Crippen molar-refractivity contribution >= 4 is 16.9 Å². The third-order valence-corrected chi connectivity index (χ3v) is 3.20. The van der Waals surface area contributed by atoms with Crippen molar-refractivity contribution in [1.29, 1.82) is 0 Å². The van der Waals surface area contributed by atoms with Crippen LogP contribution < -0.4 is 11.3 Å². The molecule has 0 saturated carbocycles. The van der Waals surface area contributed by atoms with E-state index in [2.05, 4.69) is 32.3 Å². The molecule has 2 rings (SSSR count). The molecule has 0 aliphatic heterocycles. The summed E-state index contributed by atoms with van der Waals surface area (Å²) < 4.78 is 6.82. The number of aromatic nitrogens is 4. The van der Waals surface area contributed by atoms with Gasteiger partial charge in [0.1, 0.15) is 5.82 Å². The predicted molar refractivity (Wildman–Crippen MR) is 76.9 cm³/mol. The number of hydrazine groups is 1. The Hall–Kier alpha value is -1.77. The summed E-state index contributed by atoms with van der Waals surface area (Å²) in [6.07, 6.45) is 1.71. The second-order valence-electron chi connectivity index (χ2n) is 4.50. The first kappa shape index (κ1) is 14.6. The van der Waals surface area contributed by atoms with Gasteiger partial charge in [0, 0.05) is 20.7 Å². The third kappa shape index (κ3) is 3.03. The van der Waals surface area contributed by atoms with E-state index in [9.17, 15) is 0 Å². The second kappa shape index (κ2) is 6.60. The Morgan fingerprint density at radius 2 is 2.25 bits per heavy atom. The van der Waals surface area contributed by atoms with Crippen LogP contribution in [0.15, 0.2) is 6.20 Å². The molecule has 0 saturated heterocycles. The molecule has 20 heavy (non-hydrogen) atoms. The van der Waals surface area contributed by atoms with E-state index >= 15 is 0 Å². The van der Waals surface area contributed by atoms with Crippen molar-refractivity contribution in [2.24, 2.45) is 12.9 Å². The number of nitrogens with two attached hydrogens (primary N) is 1. The number of likely N-dealkylation sites (N-methyl/N-ethyl adjacent to an activating group) is 1. The fourth-order valence-corrected chi connectivity index (χ4v) is 2.02. The lowest BCUT2D eigenvalue weighted by Gasteiger charge is -2.19. The molecule has 0 fully saturated rings. The number of nitrogens with one attached hydrogen (secondary N) is 1. The van der Waals surface area contributed by atoms with Gasteiger partial charge in [-0.1, -0.05) is 6.92 Å². The van der Waals surface area contributed by atoms with E-state index in [0.717, 1.165) is 24.1 Å². The number of aryl methyl sites for hydroxylation is 1. The van der Waals surface area contributed by atoms with E-state index in [1.807, 2.05) is 7.05 Å². The fraction of sp³-hybridized carbons (Fsp3) is 0.583. The summed E-state index contributed by atoms with van der Waals surface area (Å²) in [7, 11) is 3.55. The number of hydrogen-bond donors (Lipinski definition) is 2. The van der Waals surface area contributed by atoms with Crippen LogP contribution in [0.25, 0.3) is 11.0 Å². The first-order chi connectivity index (χ1) is 9.69. The van der Waals surface area contributed by atoms with Gasteiger partial charge in [-0.25, -0.2) is 15.8 Å². The Bertz CT molecular complexity index is 568. The zero-order valence-corrected chi connectivity index (χ0v) is 12.1. The average Bonchev–Trinajstić information content (AvgIpc) is 2.84. The Balaban J connectivity index is 2.27. The first-order valence-corrected chi connectivity index (χ1v) is 6.56. The number of rotatable bonds is 7. The number of hydrogen-bond acceptors (Lipinski definition) is 7. The molecule has 0 bridgehead atoms. The maximum absolute atomic E-state index is 5.53. The molecule has 2 aromatic heterocycles. The van der Waals surface area contributed by atoms with Crippen LogP contribution in [-0.2, 0) is 18.3 Å². The summed E-state index contributed by atoms with van der Waals surface area (Å²) in [5.41, 5.74) is 3.38. The molecular formula is C12H21N7O. The van der Waals surface area contributed by atoms with E-state index in [1.54, 1.807) is 18.0 Å². The lowest BCUT2D eigenvalue weighted by molar-refractivity contribution is 0.146. The van der Waals surface area contributed by atoms with Crippen LogP contribution >= 0.6 is 0 Å². The maximum atomic E-state index is 5.53. The molecule has 0 spiro atoms. The number of fused-ring (bicyclic) bond motifs is 1. The molecule has 0 aliphatic carbocycles. The van der Waals surface area contributed by atoms with Crippen molar-refractivity contribution in [2.75, 3.05) is 32.2 Å². The zero-order valence-electron chi connectivity index (χ0n) is 12.1. The smallest absolute Gasteiger partial charge is 0.163 e. The summed E-state index contributed by atoms with van der Waals surface area (Å²) in [5, 5.41) is 5.00. The molecule has 110 valence electrons. The molecule has 0 unspecified atom stereocenters. The molecule has 0 atom stereocenters. The Kier molecular flexibility index (Phi) is 4.83. The molecular weight excluding hydrogens is 258 g/mol. The van der Waals surface area contributed by atoms with E-state index in [1.165, 1.54) is 0 Å². The molecule has 0 radical (unpaired) electrons. The molecule has 0 aliphatic rings. The number of nitrogen functional groups attached to an aromatic ring is 1. The van der Waals surface area contributed by atoms with E-state index in [-0.39, 0.29) is 0 Å². The molecule has 2 aromatic rings. The highest BCUT2D eigenvalue weighted by molar-refractivity contribution is 5.86. The Labute approximate surface area is 117 Å². The molecule has 8 heteroatoms. The number of nitrogens with zero attached hydrogens (tertiary/aromatic N) is 5. The van der Waals surface area contributed by atoms with E-state index in [0.29, 0.717) is 24.8 Å². The first-order valence-electron chi connectivity index (χ1n) is 6.56. The SMILES string of the molecule is CCN(CCOC)Cc1nc(NN)c2cnn(C)c2n1. The summed E-state index contributed by atoms with van der Waals surface area (Å²) in [4.78, 5) is 11.2. The molecule has 2 heterocycles. The zero-order chi connectivity index (χ0) is 14.5. The highest BCUT2D eigenvalue weighted by atomic mass is 16.5. The highest BCUT2D eigenvalue weighted by Crippen LogP contribution is 2.18. The van der Waals surface area contributed by atoms with Crippen molar-refractivity contribution in [1.82, 2.24) is 24.6 Å². The third-order valence-electron chi connectivity index (χ3n) is 3.20. The number of methoxy groups -OCH3 is 1. The van der Waals surface area contributed by atoms with Crippen molar-refractivity contribution in [3.05, 3.63) is 12.0 Å². The van der Waals surface area contributed by atoms with Gasteiger partial charge < -0.3 is 10.2 Å². The van der Waals surface area contributed by atoms with Crippen LogP contribution in [-0.4, -0.2) is 51.5 Å². The van der Waals surface area contributed by atoms with E-state index in [4.69, 9.17) is 10.6 Å². The van der Waals surface area contributed by atoms with Gasteiger partial charge in [-0.3, -0.25) is 9.58 Å². The van der Waals surface area contributed by atoms with Crippen LogP contribution in [0.4, 0.5) is 5.82 Å². The van der Waals surface area contributed by atoms with Gasteiger partial charge in [0.05, 0.1) is 24.7 Å². The minimum atomic E-state index is 0.598. The minimum absolute atomic E-state index is 0.598. The second-order valence-corrected chi connectivity index (χ2v) is 4.50. The van der Waals surface area contributed by atoms with Gasteiger partial charge in [-0.05, 0) is 6.54 Å². The largest absolute Gasteiger partial charge is 0.383 e. The molecule has 0 amide bonds. The highest BCUT2D eigenvalue weighted by Gasteiger charge is 2.12. The minimum Gasteiger partial charge on any atom is -0.383 e. The predicted octanol–water partition coefficient (Wildman–Crippen LogP) is 0.117. The Morgan fingerprint density at radius 1 is 1.45 bits per heavy atom. The van der Waals surface area contributed by atoms with Crippen LogP contribution in [0, 0.1) is 0 Å². The van der Waals surface area contributed by atoms with Crippen LogP contribution in [0.2, 0.25) is 0 Å². The van der Waals surface area contributed by atoms with Gasteiger partial charge in [0.2, 0.25) is 0 Å². The number of ether oxygens (including phenoxy) is 1. The standard InChI is InChI=1S/C12H21N7O/c1-4-19(5-6-20-3)8-10-15-11(17-13)9-7-14-18(2)12(9)16-10/h7H,4-6,8,13H2,1-3H3,(H,15,16,17). The topological polar surface area (TPSA) is 94.1 Å². The Morgan fingerprint density at radius 3 is 2.90 bits per heavy atom. The summed E-state index contributed by atoms with van der Waals surface area (Å²) >= 11 is 0. The van der Waals surface area contributed by atoms with Crippen LogP contribution in [0.1, 0.15) is 12.7 Å². The lowest BCUT2D eigenvalue weighted by Crippen LogP contribution is -2.28.